The molecule has 0 saturated carbocycles. The Morgan fingerprint density at radius 1 is 1.10 bits per heavy atom. The molecular formula is C22H27N3O4S. The first-order valence-corrected chi connectivity index (χ1v) is 11.7. The summed E-state index contributed by atoms with van der Waals surface area (Å²) in [5.74, 6) is -0.696. The molecule has 30 heavy (non-hydrogen) atoms. The molecule has 3 rings (SSSR count). The minimum absolute atomic E-state index is 0.0322. The first-order valence-electron chi connectivity index (χ1n) is 10.0. The van der Waals surface area contributed by atoms with Crippen molar-refractivity contribution in [3.63, 3.8) is 0 Å². The lowest BCUT2D eigenvalue weighted by atomic mass is 10.1. The number of likely N-dealkylation sites (tertiary alicyclic amines) is 1. The highest BCUT2D eigenvalue weighted by molar-refractivity contribution is 7.92. The van der Waals surface area contributed by atoms with Crippen molar-refractivity contribution in [3.8, 4) is 0 Å². The number of nitrogens with zero attached hydrogens (tertiary/aromatic N) is 1. The molecule has 1 atom stereocenters. The Bertz CT molecular complexity index is 1020. The zero-order valence-corrected chi connectivity index (χ0v) is 18.0. The fraction of sp³-hybridized carbons (Fsp3) is 0.364. The molecule has 0 spiro atoms. The summed E-state index contributed by atoms with van der Waals surface area (Å²) in [6.07, 6.45) is 0.681. The smallest absolute Gasteiger partial charge is 0.232 e. The fourth-order valence-corrected chi connectivity index (χ4v) is 4.70. The molecule has 8 heteroatoms. The van der Waals surface area contributed by atoms with Gasteiger partial charge < -0.3 is 10.2 Å². The van der Waals surface area contributed by atoms with Gasteiger partial charge in [-0.25, -0.2) is 8.42 Å². The number of amides is 2. The van der Waals surface area contributed by atoms with E-state index in [4.69, 9.17) is 0 Å². The summed E-state index contributed by atoms with van der Waals surface area (Å²) in [5.41, 5.74) is 2.63. The van der Waals surface area contributed by atoms with Crippen molar-refractivity contribution in [1.29, 1.82) is 0 Å². The number of anilines is 2. The normalized spacial score (nSPS) is 16.5. The van der Waals surface area contributed by atoms with Gasteiger partial charge in [0, 0.05) is 25.2 Å². The summed E-state index contributed by atoms with van der Waals surface area (Å²) >= 11 is 0. The van der Waals surface area contributed by atoms with Crippen LogP contribution in [0.4, 0.5) is 11.4 Å². The van der Waals surface area contributed by atoms with Crippen LogP contribution in [-0.4, -0.2) is 37.4 Å². The Labute approximate surface area is 177 Å². The topological polar surface area (TPSA) is 95.6 Å². The van der Waals surface area contributed by atoms with E-state index in [1.807, 2.05) is 30.3 Å². The molecule has 1 fully saturated rings. The number of sulfonamides is 1. The summed E-state index contributed by atoms with van der Waals surface area (Å²) < 4.78 is 26.7. The third-order valence-corrected chi connectivity index (χ3v) is 6.61. The van der Waals surface area contributed by atoms with Gasteiger partial charge in [0.1, 0.15) is 0 Å². The average Bonchev–Trinajstić information content (AvgIpc) is 3.06. The van der Waals surface area contributed by atoms with Crippen molar-refractivity contribution in [2.24, 2.45) is 5.92 Å². The number of hydrogen-bond acceptors (Lipinski definition) is 4. The Hall–Kier alpha value is -2.87. The molecule has 2 amide bonds. The summed E-state index contributed by atoms with van der Waals surface area (Å²) in [7, 11) is -3.43. The van der Waals surface area contributed by atoms with Crippen LogP contribution in [0.5, 0.6) is 0 Å². The summed E-state index contributed by atoms with van der Waals surface area (Å²) in [4.78, 5) is 26.8. The van der Waals surface area contributed by atoms with Crippen LogP contribution >= 0.6 is 0 Å². The third kappa shape index (κ3) is 5.38. The van der Waals surface area contributed by atoms with Crippen molar-refractivity contribution in [3.05, 3.63) is 59.7 Å². The average molecular weight is 430 g/mol. The second-order valence-corrected chi connectivity index (χ2v) is 9.39. The quantitative estimate of drug-likeness (QED) is 0.674. The van der Waals surface area contributed by atoms with E-state index in [1.165, 1.54) is 0 Å². The molecule has 1 aliphatic rings. The van der Waals surface area contributed by atoms with E-state index >= 15 is 0 Å². The number of benzene rings is 2. The van der Waals surface area contributed by atoms with Gasteiger partial charge >= 0.3 is 0 Å². The highest BCUT2D eigenvalue weighted by atomic mass is 32.2. The van der Waals surface area contributed by atoms with Crippen molar-refractivity contribution in [2.45, 2.75) is 33.2 Å². The van der Waals surface area contributed by atoms with Crippen molar-refractivity contribution in [2.75, 3.05) is 22.3 Å². The highest BCUT2D eigenvalue weighted by Gasteiger charge is 2.34. The second-order valence-electron chi connectivity index (χ2n) is 7.55. The van der Waals surface area contributed by atoms with Gasteiger partial charge in [-0.1, -0.05) is 43.3 Å². The Balaban J connectivity index is 1.66. The van der Waals surface area contributed by atoms with Crippen LogP contribution in [0.2, 0.25) is 0 Å². The molecule has 1 saturated heterocycles. The summed E-state index contributed by atoms with van der Waals surface area (Å²) in [6.45, 7) is 4.40. The maximum atomic E-state index is 12.8. The standard InChI is InChI=1S/C22H27N3O4S/c1-3-12-30(28,29)24-20-11-7-10-19(16(20)2)23-22(27)18-13-21(26)25(15-18)14-17-8-5-4-6-9-17/h4-11,18,24H,3,12-15H2,1-2H3,(H,23,27)/t18-/m1/s1. The molecule has 2 aromatic rings. The number of nitrogens with one attached hydrogen (secondary N) is 2. The van der Waals surface area contributed by atoms with Crippen LogP contribution in [0.15, 0.2) is 48.5 Å². The van der Waals surface area contributed by atoms with Gasteiger partial charge in [0.25, 0.3) is 0 Å². The summed E-state index contributed by atoms with van der Waals surface area (Å²) in [6, 6.07) is 14.7. The largest absolute Gasteiger partial charge is 0.338 e. The molecule has 2 aromatic carbocycles. The molecule has 7 nitrogen and oxygen atoms in total. The molecule has 0 unspecified atom stereocenters. The lowest BCUT2D eigenvalue weighted by Crippen LogP contribution is -2.28. The van der Waals surface area contributed by atoms with Gasteiger partial charge in [0.05, 0.1) is 17.4 Å². The molecule has 0 aromatic heterocycles. The van der Waals surface area contributed by atoms with Gasteiger partial charge in [-0.2, -0.15) is 0 Å². The van der Waals surface area contributed by atoms with Crippen LogP contribution in [0.25, 0.3) is 0 Å². The minimum atomic E-state index is -3.43. The van der Waals surface area contributed by atoms with Gasteiger partial charge in [0.15, 0.2) is 0 Å². The van der Waals surface area contributed by atoms with E-state index in [0.29, 0.717) is 36.4 Å². The van der Waals surface area contributed by atoms with Crippen LogP contribution in [0.3, 0.4) is 0 Å². The van der Waals surface area contributed by atoms with Crippen molar-refractivity contribution >= 4 is 33.2 Å². The first-order chi connectivity index (χ1) is 14.3. The second kappa shape index (κ2) is 9.30. The summed E-state index contributed by atoms with van der Waals surface area (Å²) in [5, 5.41) is 2.86. The zero-order valence-electron chi connectivity index (χ0n) is 17.2. The molecule has 0 radical (unpaired) electrons. The van der Waals surface area contributed by atoms with E-state index in [9.17, 15) is 18.0 Å². The third-order valence-electron chi connectivity index (χ3n) is 5.13. The number of carbonyl (C=O) groups excluding carboxylic acids is 2. The van der Waals surface area contributed by atoms with Gasteiger partial charge in [-0.15, -0.1) is 0 Å². The van der Waals surface area contributed by atoms with Crippen LogP contribution in [0.1, 0.15) is 30.9 Å². The van der Waals surface area contributed by atoms with Crippen molar-refractivity contribution < 1.29 is 18.0 Å². The van der Waals surface area contributed by atoms with Crippen molar-refractivity contribution in [1.82, 2.24) is 4.90 Å². The Morgan fingerprint density at radius 2 is 1.80 bits per heavy atom. The molecule has 1 aliphatic heterocycles. The monoisotopic (exact) mass is 429 g/mol. The predicted molar refractivity (Wildman–Crippen MR) is 117 cm³/mol. The molecule has 0 bridgehead atoms. The molecule has 2 N–H and O–H groups in total. The van der Waals surface area contributed by atoms with E-state index in [1.54, 1.807) is 36.9 Å². The number of carbonyl (C=O) groups is 2. The molecule has 160 valence electrons. The number of hydrogen-bond donors (Lipinski definition) is 2. The van der Waals surface area contributed by atoms with Crippen LogP contribution < -0.4 is 10.0 Å². The van der Waals surface area contributed by atoms with Crippen LogP contribution in [-0.2, 0) is 26.2 Å². The lowest BCUT2D eigenvalue weighted by Gasteiger charge is -2.18. The number of rotatable bonds is 8. The van der Waals surface area contributed by atoms with E-state index in [2.05, 4.69) is 10.0 Å². The first kappa shape index (κ1) is 21.8. The Kier molecular flexibility index (Phi) is 6.77. The van der Waals surface area contributed by atoms with E-state index < -0.39 is 15.9 Å². The van der Waals surface area contributed by atoms with E-state index in [-0.39, 0.29) is 24.0 Å². The molecular weight excluding hydrogens is 402 g/mol. The van der Waals surface area contributed by atoms with Gasteiger partial charge in [0.2, 0.25) is 21.8 Å². The Morgan fingerprint density at radius 3 is 2.50 bits per heavy atom. The van der Waals surface area contributed by atoms with Gasteiger partial charge in [-0.3, -0.25) is 14.3 Å². The maximum Gasteiger partial charge on any atom is 0.232 e. The maximum absolute atomic E-state index is 12.8. The van der Waals surface area contributed by atoms with E-state index in [0.717, 1.165) is 5.56 Å². The SMILES string of the molecule is CCCS(=O)(=O)Nc1cccc(NC(=O)[C@@H]2CC(=O)N(Cc3ccccc3)C2)c1C. The lowest BCUT2D eigenvalue weighted by molar-refractivity contribution is -0.128. The molecule has 0 aliphatic carbocycles. The zero-order chi connectivity index (χ0) is 21.7. The van der Waals surface area contributed by atoms with Gasteiger partial charge in [-0.05, 0) is 36.6 Å². The highest BCUT2D eigenvalue weighted by Crippen LogP contribution is 2.27. The fourth-order valence-electron chi connectivity index (χ4n) is 3.51. The predicted octanol–water partition coefficient (Wildman–Crippen LogP) is 3.13. The van der Waals surface area contributed by atoms with Crippen LogP contribution in [0, 0.1) is 12.8 Å². The molecule has 1 heterocycles. The minimum Gasteiger partial charge on any atom is -0.338 e.